The lowest BCUT2D eigenvalue weighted by Gasteiger charge is -2.38. The van der Waals surface area contributed by atoms with Crippen LogP contribution in [0.3, 0.4) is 0 Å². The molecule has 100 valence electrons. The maximum Gasteiger partial charge on any atom is 0.129 e. The molecule has 0 aromatic heterocycles. The van der Waals surface area contributed by atoms with Crippen molar-refractivity contribution in [3.8, 4) is 0 Å². The van der Waals surface area contributed by atoms with Gasteiger partial charge in [0.15, 0.2) is 0 Å². The lowest BCUT2D eigenvalue weighted by molar-refractivity contribution is 0.209. The summed E-state index contributed by atoms with van der Waals surface area (Å²) in [7, 11) is 0. The highest BCUT2D eigenvalue weighted by atomic mass is 79.9. The molecule has 0 spiro atoms. The minimum atomic E-state index is -0.115. The molecule has 0 amide bonds. The Morgan fingerprint density at radius 2 is 1.89 bits per heavy atom. The van der Waals surface area contributed by atoms with Gasteiger partial charge in [-0.3, -0.25) is 4.90 Å². The molecule has 1 saturated heterocycles. The molecule has 4 heteroatoms. The Kier molecular flexibility index (Phi) is 4.62. The highest BCUT2D eigenvalue weighted by Gasteiger charge is 2.21. The molecule has 1 aromatic carbocycles. The number of nitrogens with zero attached hydrogens (tertiary/aromatic N) is 2. The first-order valence-corrected chi connectivity index (χ1v) is 7.58. The summed E-state index contributed by atoms with van der Waals surface area (Å²) in [6, 6.07) is 5.94. The maximum atomic E-state index is 13.7. The number of alkyl halides is 1. The van der Waals surface area contributed by atoms with Crippen LogP contribution in [0.5, 0.6) is 0 Å². The predicted octanol–water partition coefficient (Wildman–Crippen LogP) is 3.25. The van der Waals surface area contributed by atoms with Crippen LogP contribution >= 0.6 is 15.9 Å². The summed E-state index contributed by atoms with van der Waals surface area (Å²) in [5.74, 6) is -0.115. The second kappa shape index (κ2) is 6.02. The van der Waals surface area contributed by atoms with E-state index >= 15 is 0 Å². The second-order valence-electron chi connectivity index (χ2n) is 4.99. The fourth-order valence-electron chi connectivity index (χ4n) is 2.46. The Bertz CT molecular complexity index is 401. The van der Waals surface area contributed by atoms with Crippen molar-refractivity contribution >= 4 is 21.6 Å². The van der Waals surface area contributed by atoms with Crippen LogP contribution in [0.25, 0.3) is 0 Å². The van der Waals surface area contributed by atoms with Gasteiger partial charge in [0.1, 0.15) is 5.82 Å². The molecule has 0 saturated carbocycles. The number of piperazine rings is 1. The molecule has 1 heterocycles. The fourth-order valence-corrected chi connectivity index (χ4v) is 3.01. The van der Waals surface area contributed by atoms with Crippen LogP contribution in [0.4, 0.5) is 10.1 Å². The zero-order valence-corrected chi connectivity index (χ0v) is 12.6. The van der Waals surface area contributed by atoms with Gasteiger partial charge in [-0.15, -0.1) is 0 Å². The van der Waals surface area contributed by atoms with Crippen molar-refractivity contribution in [3.05, 3.63) is 29.6 Å². The fraction of sp³-hybridized carbons (Fsp3) is 0.571. The van der Waals surface area contributed by atoms with Gasteiger partial charge in [0, 0.05) is 48.8 Å². The third-order valence-electron chi connectivity index (χ3n) is 3.61. The minimum Gasteiger partial charge on any atom is -0.369 e. The molecule has 2 nitrogen and oxygen atoms in total. The van der Waals surface area contributed by atoms with E-state index in [1.807, 2.05) is 6.07 Å². The Morgan fingerprint density at radius 3 is 2.44 bits per heavy atom. The van der Waals surface area contributed by atoms with Gasteiger partial charge in [0.2, 0.25) is 0 Å². The van der Waals surface area contributed by atoms with Crippen LogP contribution in [-0.2, 0) is 5.33 Å². The van der Waals surface area contributed by atoms with Gasteiger partial charge in [-0.1, -0.05) is 22.0 Å². The molecule has 0 unspecified atom stereocenters. The largest absolute Gasteiger partial charge is 0.369 e. The Labute approximate surface area is 117 Å². The van der Waals surface area contributed by atoms with Gasteiger partial charge < -0.3 is 4.90 Å². The first-order chi connectivity index (χ1) is 8.63. The van der Waals surface area contributed by atoms with Gasteiger partial charge >= 0.3 is 0 Å². The van der Waals surface area contributed by atoms with Crippen molar-refractivity contribution in [2.75, 3.05) is 31.1 Å². The molecule has 0 N–H and O–H groups in total. The molecule has 2 rings (SSSR count). The third-order valence-corrected chi connectivity index (χ3v) is 4.17. The molecule has 0 aliphatic carbocycles. The van der Waals surface area contributed by atoms with E-state index in [2.05, 4.69) is 39.6 Å². The molecular formula is C14H20BrFN2. The van der Waals surface area contributed by atoms with Crippen molar-refractivity contribution < 1.29 is 4.39 Å². The normalized spacial score (nSPS) is 17.5. The highest BCUT2D eigenvalue weighted by molar-refractivity contribution is 9.08. The molecule has 1 aliphatic rings. The van der Waals surface area contributed by atoms with Crippen molar-refractivity contribution in [2.45, 2.75) is 25.2 Å². The molecule has 1 aliphatic heterocycles. The molecule has 0 atom stereocenters. The standard InChI is InChI=1S/C14H20BrFN2/c1-11(2)17-6-8-18(9-7-17)14-5-3-4-13(16)12(14)10-15/h3-5,11H,6-10H2,1-2H3. The van der Waals surface area contributed by atoms with Crippen LogP contribution < -0.4 is 4.90 Å². The summed E-state index contributed by atoms with van der Waals surface area (Å²) < 4.78 is 13.7. The second-order valence-corrected chi connectivity index (χ2v) is 5.55. The molecular weight excluding hydrogens is 295 g/mol. The van der Waals surface area contributed by atoms with Gasteiger partial charge in [-0.05, 0) is 26.0 Å². The quantitative estimate of drug-likeness (QED) is 0.790. The first kappa shape index (κ1) is 13.8. The van der Waals surface area contributed by atoms with Crippen LogP contribution in [0.1, 0.15) is 19.4 Å². The monoisotopic (exact) mass is 314 g/mol. The molecule has 0 radical (unpaired) electrons. The smallest absolute Gasteiger partial charge is 0.129 e. The number of rotatable bonds is 3. The van der Waals surface area contributed by atoms with Crippen LogP contribution in [-0.4, -0.2) is 37.1 Å². The van der Waals surface area contributed by atoms with Crippen molar-refractivity contribution in [1.82, 2.24) is 4.90 Å². The topological polar surface area (TPSA) is 6.48 Å². The van der Waals surface area contributed by atoms with Crippen LogP contribution in [0.2, 0.25) is 0 Å². The van der Waals surface area contributed by atoms with Gasteiger partial charge in [-0.2, -0.15) is 0 Å². The average Bonchev–Trinajstić information content (AvgIpc) is 2.38. The van der Waals surface area contributed by atoms with Gasteiger partial charge in [-0.25, -0.2) is 4.39 Å². The summed E-state index contributed by atoms with van der Waals surface area (Å²) in [4.78, 5) is 4.75. The third kappa shape index (κ3) is 2.86. The maximum absolute atomic E-state index is 13.7. The van der Waals surface area contributed by atoms with Crippen LogP contribution in [0.15, 0.2) is 18.2 Å². The van der Waals surface area contributed by atoms with E-state index in [4.69, 9.17) is 0 Å². The van der Waals surface area contributed by atoms with E-state index in [0.29, 0.717) is 11.4 Å². The molecule has 0 bridgehead atoms. The van der Waals surface area contributed by atoms with E-state index in [0.717, 1.165) is 37.4 Å². The van der Waals surface area contributed by atoms with E-state index in [9.17, 15) is 4.39 Å². The molecule has 18 heavy (non-hydrogen) atoms. The van der Waals surface area contributed by atoms with E-state index < -0.39 is 0 Å². The number of anilines is 1. The van der Waals surface area contributed by atoms with Gasteiger partial charge in [0.05, 0.1) is 0 Å². The van der Waals surface area contributed by atoms with E-state index in [1.165, 1.54) is 6.07 Å². The SMILES string of the molecule is CC(C)N1CCN(c2cccc(F)c2CBr)CC1. The summed E-state index contributed by atoms with van der Waals surface area (Å²) in [5.41, 5.74) is 1.81. The lowest BCUT2D eigenvalue weighted by Crippen LogP contribution is -2.49. The van der Waals surface area contributed by atoms with Crippen molar-refractivity contribution in [1.29, 1.82) is 0 Å². The van der Waals surface area contributed by atoms with E-state index in [-0.39, 0.29) is 5.82 Å². The van der Waals surface area contributed by atoms with E-state index in [1.54, 1.807) is 6.07 Å². The van der Waals surface area contributed by atoms with Crippen molar-refractivity contribution in [3.63, 3.8) is 0 Å². The lowest BCUT2D eigenvalue weighted by atomic mass is 10.1. The predicted molar refractivity (Wildman–Crippen MR) is 78.0 cm³/mol. The average molecular weight is 315 g/mol. The summed E-state index contributed by atoms with van der Waals surface area (Å²) in [6.07, 6.45) is 0. The summed E-state index contributed by atoms with van der Waals surface area (Å²) in [6.45, 7) is 8.50. The zero-order valence-electron chi connectivity index (χ0n) is 11.0. The van der Waals surface area contributed by atoms with Gasteiger partial charge in [0.25, 0.3) is 0 Å². The van der Waals surface area contributed by atoms with Crippen molar-refractivity contribution in [2.24, 2.45) is 0 Å². The molecule has 1 aromatic rings. The number of halogens is 2. The number of benzene rings is 1. The Balaban J connectivity index is 2.12. The Morgan fingerprint density at radius 1 is 1.22 bits per heavy atom. The zero-order chi connectivity index (χ0) is 13.1. The summed E-state index contributed by atoms with van der Waals surface area (Å²) in [5, 5.41) is 0.569. The Hall–Kier alpha value is -0.610. The highest BCUT2D eigenvalue weighted by Crippen LogP contribution is 2.26. The minimum absolute atomic E-state index is 0.115. The number of hydrogen-bond donors (Lipinski definition) is 0. The first-order valence-electron chi connectivity index (χ1n) is 6.46. The number of hydrogen-bond acceptors (Lipinski definition) is 2. The van der Waals surface area contributed by atoms with Crippen LogP contribution in [0, 0.1) is 5.82 Å². The molecule has 1 fully saturated rings. The summed E-state index contributed by atoms with van der Waals surface area (Å²) >= 11 is 3.38.